The van der Waals surface area contributed by atoms with Gasteiger partial charge in [0.25, 0.3) is 4.84 Å². The van der Waals surface area contributed by atoms with Gasteiger partial charge in [0, 0.05) is 0 Å². The van der Waals surface area contributed by atoms with E-state index in [2.05, 4.69) is 6.58 Å². The first-order chi connectivity index (χ1) is 10.6. The van der Waals surface area contributed by atoms with Crippen LogP contribution in [0.3, 0.4) is 0 Å². The van der Waals surface area contributed by atoms with E-state index in [1.165, 1.54) is 0 Å². The first-order valence-corrected chi connectivity index (χ1v) is 7.51. The highest BCUT2D eigenvalue weighted by Crippen LogP contribution is 2.26. The van der Waals surface area contributed by atoms with E-state index in [-0.39, 0.29) is 0 Å². The molecular formula is C18H17NO2S. The fourth-order valence-electron chi connectivity index (χ4n) is 2.68. The molecule has 3 rings (SSSR count). The third-order valence-electron chi connectivity index (χ3n) is 3.72. The minimum atomic E-state index is 0.337. The van der Waals surface area contributed by atoms with Gasteiger partial charge in [-0.25, -0.2) is 0 Å². The summed E-state index contributed by atoms with van der Waals surface area (Å²) in [5.74, 6) is 0.337. The molecule has 0 aliphatic carbocycles. The summed E-state index contributed by atoms with van der Waals surface area (Å²) in [5, 5.41) is 10.1. The van der Waals surface area contributed by atoms with Crippen molar-refractivity contribution in [3.05, 3.63) is 70.6 Å². The van der Waals surface area contributed by atoms with Gasteiger partial charge in [0.1, 0.15) is 5.75 Å². The molecular weight excluding hydrogens is 294 g/mol. The molecule has 0 fully saturated rings. The molecule has 0 radical (unpaired) electrons. The summed E-state index contributed by atoms with van der Waals surface area (Å²) in [6.45, 7) is 6.25. The number of hydrogen-bond acceptors (Lipinski definition) is 3. The highest BCUT2D eigenvalue weighted by molar-refractivity contribution is 7.71. The number of aryl methyl sites for hydroxylation is 1. The number of benzene rings is 2. The van der Waals surface area contributed by atoms with Gasteiger partial charge in [-0.3, -0.25) is 4.57 Å². The first kappa shape index (κ1) is 14.6. The SMILES string of the molecule is C=CCc1cc(Cn2c(=S)oc3ccccc32)cc(C)c1O. The number of oxazole rings is 1. The maximum atomic E-state index is 10.1. The van der Waals surface area contributed by atoms with E-state index < -0.39 is 0 Å². The van der Waals surface area contributed by atoms with E-state index in [1.54, 1.807) is 6.08 Å². The van der Waals surface area contributed by atoms with Crippen LogP contribution < -0.4 is 0 Å². The van der Waals surface area contributed by atoms with Crippen molar-refractivity contribution < 1.29 is 9.52 Å². The Hall–Kier alpha value is -2.33. The molecule has 112 valence electrons. The normalized spacial score (nSPS) is 11.0. The van der Waals surface area contributed by atoms with E-state index in [9.17, 15) is 5.11 Å². The molecule has 1 N–H and O–H groups in total. The molecule has 0 unspecified atom stereocenters. The van der Waals surface area contributed by atoms with Gasteiger partial charge < -0.3 is 9.52 Å². The lowest BCUT2D eigenvalue weighted by Crippen LogP contribution is -2.01. The fraction of sp³-hybridized carbons (Fsp3) is 0.167. The molecule has 0 aliphatic rings. The smallest absolute Gasteiger partial charge is 0.269 e. The summed E-state index contributed by atoms with van der Waals surface area (Å²) in [6, 6.07) is 11.8. The Morgan fingerprint density at radius 2 is 2.09 bits per heavy atom. The van der Waals surface area contributed by atoms with E-state index in [0.717, 1.165) is 27.8 Å². The summed E-state index contributed by atoms with van der Waals surface area (Å²) >= 11 is 5.33. The van der Waals surface area contributed by atoms with Gasteiger partial charge in [-0.2, -0.15) is 0 Å². The Labute approximate surface area is 134 Å². The number of phenols is 1. The average Bonchev–Trinajstić information content (AvgIpc) is 2.81. The lowest BCUT2D eigenvalue weighted by atomic mass is 10.0. The lowest BCUT2D eigenvalue weighted by molar-refractivity contribution is 0.465. The zero-order valence-electron chi connectivity index (χ0n) is 12.4. The predicted molar refractivity (Wildman–Crippen MR) is 90.9 cm³/mol. The van der Waals surface area contributed by atoms with Crippen LogP contribution >= 0.6 is 12.2 Å². The van der Waals surface area contributed by atoms with Gasteiger partial charge in [0.2, 0.25) is 0 Å². The van der Waals surface area contributed by atoms with Crippen molar-refractivity contribution in [3.63, 3.8) is 0 Å². The van der Waals surface area contributed by atoms with Crippen LogP contribution in [-0.4, -0.2) is 9.67 Å². The zero-order valence-corrected chi connectivity index (χ0v) is 13.2. The van der Waals surface area contributed by atoms with Gasteiger partial charge in [0.15, 0.2) is 5.58 Å². The molecule has 3 nitrogen and oxygen atoms in total. The zero-order chi connectivity index (χ0) is 15.7. The van der Waals surface area contributed by atoms with Crippen LogP contribution in [0, 0.1) is 11.8 Å². The van der Waals surface area contributed by atoms with Crippen molar-refractivity contribution >= 4 is 23.3 Å². The molecule has 2 aromatic carbocycles. The minimum Gasteiger partial charge on any atom is -0.507 e. The van der Waals surface area contributed by atoms with E-state index in [4.69, 9.17) is 16.6 Å². The minimum absolute atomic E-state index is 0.337. The Morgan fingerprint density at radius 1 is 1.32 bits per heavy atom. The highest BCUT2D eigenvalue weighted by Gasteiger charge is 2.10. The van der Waals surface area contributed by atoms with Crippen molar-refractivity contribution in [3.8, 4) is 5.75 Å². The number of nitrogens with zero attached hydrogens (tertiary/aromatic N) is 1. The van der Waals surface area contributed by atoms with Crippen LogP contribution in [0.5, 0.6) is 5.75 Å². The van der Waals surface area contributed by atoms with E-state index in [0.29, 0.717) is 23.6 Å². The molecule has 1 heterocycles. The molecule has 0 spiro atoms. The van der Waals surface area contributed by atoms with Crippen LogP contribution in [0.4, 0.5) is 0 Å². The quantitative estimate of drug-likeness (QED) is 0.558. The summed E-state index contributed by atoms with van der Waals surface area (Å²) in [7, 11) is 0. The molecule has 0 saturated heterocycles. The van der Waals surface area contributed by atoms with E-state index >= 15 is 0 Å². The molecule has 0 bridgehead atoms. The molecule has 0 amide bonds. The first-order valence-electron chi connectivity index (χ1n) is 7.11. The summed E-state index contributed by atoms with van der Waals surface area (Å²) in [5.41, 5.74) is 4.57. The molecule has 22 heavy (non-hydrogen) atoms. The third kappa shape index (κ3) is 2.57. The summed E-state index contributed by atoms with van der Waals surface area (Å²) in [6.07, 6.45) is 2.43. The van der Waals surface area contributed by atoms with Crippen molar-refractivity contribution in [2.75, 3.05) is 0 Å². The molecule has 0 atom stereocenters. The number of aromatic hydroxyl groups is 1. The maximum Gasteiger partial charge on any atom is 0.269 e. The number of phenolic OH excluding ortho intramolecular Hbond substituents is 1. The second-order valence-electron chi connectivity index (χ2n) is 5.34. The maximum absolute atomic E-state index is 10.1. The van der Waals surface area contributed by atoms with Crippen molar-refractivity contribution in [1.29, 1.82) is 0 Å². The topological polar surface area (TPSA) is 38.3 Å². The third-order valence-corrected chi connectivity index (χ3v) is 4.02. The molecule has 1 aromatic heterocycles. The number of allylic oxidation sites excluding steroid dienone is 1. The van der Waals surface area contributed by atoms with Gasteiger partial charge >= 0.3 is 0 Å². The Bertz CT molecular complexity index is 905. The largest absolute Gasteiger partial charge is 0.507 e. The van der Waals surface area contributed by atoms with Crippen LogP contribution in [0.15, 0.2) is 53.5 Å². The number of rotatable bonds is 4. The molecule has 3 aromatic rings. The van der Waals surface area contributed by atoms with Gasteiger partial charge in [-0.1, -0.05) is 24.3 Å². The summed E-state index contributed by atoms with van der Waals surface area (Å²) in [4.78, 5) is 0.456. The second-order valence-corrected chi connectivity index (χ2v) is 5.68. The van der Waals surface area contributed by atoms with Crippen LogP contribution in [0.2, 0.25) is 0 Å². The van der Waals surface area contributed by atoms with Crippen molar-refractivity contribution in [2.45, 2.75) is 19.9 Å². The van der Waals surface area contributed by atoms with Crippen molar-refractivity contribution in [2.24, 2.45) is 0 Å². The van der Waals surface area contributed by atoms with Crippen molar-refractivity contribution in [1.82, 2.24) is 4.57 Å². The Kier molecular flexibility index (Phi) is 3.86. The number of hydrogen-bond donors (Lipinski definition) is 1. The number of aromatic nitrogens is 1. The van der Waals surface area contributed by atoms with Gasteiger partial charge in [0.05, 0.1) is 12.1 Å². The van der Waals surface area contributed by atoms with Crippen LogP contribution in [-0.2, 0) is 13.0 Å². The molecule has 0 saturated carbocycles. The molecule has 0 aliphatic heterocycles. The standard InChI is InChI=1S/C18H17NO2S/c1-3-6-14-10-13(9-12(2)17(14)20)11-19-15-7-4-5-8-16(15)21-18(19)22/h3-5,7-10,20H,1,6,11H2,2H3. The number of fused-ring (bicyclic) bond motifs is 1. The average molecular weight is 311 g/mol. The lowest BCUT2D eigenvalue weighted by Gasteiger charge is -2.10. The monoisotopic (exact) mass is 311 g/mol. The molecule has 4 heteroatoms. The Morgan fingerprint density at radius 3 is 2.86 bits per heavy atom. The van der Waals surface area contributed by atoms with Gasteiger partial charge in [-0.15, -0.1) is 6.58 Å². The highest BCUT2D eigenvalue weighted by atomic mass is 32.1. The second kappa shape index (κ2) is 5.81. The van der Waals surface area contributed by atoms with E-state index in [1.807, 2.05) is 47.9 Å². The predicted octanol–water partition coefficient (Wildman–Crippen LogP) is 4.75. The Balaban J connectivity index is 2.07. The fourth-order valence-corrected chi connectivity index (χ4v) is 2.93. The number of para-hydroxylation sites is 2. The van der Waals surface area contributed by atoms with Crippen LogP contribution in [0.1, 0.15) is 16.7 Å². The summed E-state index contributed by atoms with van der Waals surface area (Å²) < 4.78 is 7.58. The van der Waals surface area contributed by atoms with Crippen LogP contribution in [0.25, 0.3) is 11.1 Å². The van der Waals surface area contributed by atoms with Gasteiger partial charge in [-0.05, 0) is 60.5 Å².